The van der Waals surface area contributed by atoms with E-state index in [0.717, 1.165) is 65.2 Å². The van der Waals surface area contributed by atoms with Crippen LogP contribution in [0, 0.1) is 13.8 Å². The van der Waals surface area contributed by atoms with Crippen molar-refractivity contribution >= 4 is 21.8 Å². The third kappa shape index (κ3) is 5.40. The molecule has 166 valence electrons. The molecule has 0 saturated carbocycles. The van der Waals surface area contributed by atoms with Crippen molar-refractivity contribution in [2.45, 2.75) is 27.0 Å². The molecule has 1 fully saturated rings. The van der Waals surface area contributed by atoms with Gasteiger partial charge in [0.15, 0.2) is 0 Å². The molecule has 0 spiro atoms. The predicted octanol–water partition coefficient (Wildman–Crippen LogP) is 5.60. The number of piperazine rings is 1. The van der Waals surface area contributed by atoms with Gasteiger partial charge in [0.25, 0.3) is 5.91 Å². The first kappa shape index (κ1) is 22.6. The van der Waals surface area contributed by atoms with Crippen molar-refractivity contribution in [1.82, 2.24) is 9.80 Å². The van der Waals surface area contributed by atoms with Gasteiger partial charge in [-0.25, -0.2) is 0 Å². The maximum absolute atomic E-state index is 13.0. The lowest BCUT2D eigenvalue weighted by molar-refractivity contribution is 0.0628. The van der Waals surface area contributed by atoms with Gasteiger partial charge in [0.1, 0.15) is 12.4 Å². The van der Waals surface area contributed by atoms with Crippen LogP contribution in [0.15, 0.2) is 71.2 Å². The summed E-state index contributed by atoms with van der Waals surface area (Å²) in [7, 11) is 0. The van der Waals surface area contributed by atoms with Crippen LogP contribution in [0.5, 0.6) is 5.75 Å². The first-order valence-corrected chi connectivity index (χ1v) is 11.8. The number of para-hydroxylation sites is 1. The average Bonchev–Trinajstić information content (AvgIpc) is 2.81. The summed E-state index contributed by atoms with van der Waals surface area (Å²) in [5, 5.41) is 0. The van der Waals surface area contributed by atoms with E-state index in [-0.39, 0.29) is 5.91 Å². The van der Waals surface area contributed by atoms with Crippen LogP contribution >= 0.6 is 15.9 Å². The zero-order valence-electron chi connectivity index (χ0n) is 18.7. The molecule has 1 amide bonds. The Kier molecular flexibility index (Phi) is 7.28. The number of aryl methyl sites for hydroxylation is 2. The maximum Gasteiger partial charge on any atom is 0.253 e. The van der Waals surface area contributed by atoms with Crippen LogP contribution in [0.25, 0.3) is 0 Å². The fourth-order valence-corrected chi connectivity index (χ4v) is 4.50. The van der Waals surface area contributed by atoms with Crippen molar-refractivity contribution in [2.75, 3.05) is 26.2 Å². The summed E-state index contributed by atoms with van der Waals surface area (Å²) in [6, 6.07) is 22.3. The Balaban J connectivity index is 1.30. The Morgan fingerprint density at radius 1 is 0.875 bits per heavy atom. The molecule has 0 atom stereocenters. The molecule has 3 aromatic rings. The summed E-state index contributed by atoms with van der Waals surface area (Å²) in [5.74, 6) is 1.04. The van der Waals surface area contributed by atoms with Crippen LogP contribution in [-0.4, -0.2) is 41.9 Å². The van der Waals surface area contributed by atoms with Crippen molar-refractivity contribution in [1.29, 1.82) is 0 Å². The highest BCUT2D eigenvalue weighted by Gasteiger charge is 2.22. The number of amides is 1. The SMILES string of the molecule is Cc1cccc(C)c1OCc1ccc(C(=O)N2CCN(Cc3ccccc3Br)CC2)cc1. The van der Waals surface area contributed by atoms with E-state index in [4.69, 9.17) is 4.74 Å². The summed E-state index contributed by atoms with van der Waals surface area (Å²) in [6.45, 7) is 8.78. The fraction of sp³-hybridized carbons (Fsp3) is 0.296. The number of rotatable bonds is 6. The molecule has 0 aromatic heterocycles. The van der Waals surface area contributed by atoms with E-state index in [0.29, 0.717) is 6.61 Å². The van der Waals surface area contributed by atoms with E-state index in [1.807, 2.05) is 41.3 Å². The number of carbonyl (C=O) groups excluding carboxylic acids is 1. The second kappa shape index (κ2) is 10.3. The second-order valence-electron chi connectivity index (χ2n) is 8.37. The highest BCUT2D eigenvalue weighted by Crippen LogP contribution is 2.24. The number of hydrogen-bond acceptors (Lipinski definition) is 3. The van der Waals surface area contributed by atoms with Crippen LogP contribution in [0.4, 0.5) is 0 Å². The number of hydrogen-bond donors (Lipinski definition) is 0. The summed E-state index contributed by atoms with van der Waals surface area (Å²) >= 11 is 3.63. The lowest BCUT2D eigenvalue weighted by atomic mass is 10.1. The van der Waals surface area contributed by atoms with Gasteiger partial charge < -0.3 is 9.64 Å². The van der Waals surface area contributed by atoms with Crippen molar-refractivity contribution in [3.8, 4) is 5.75 Å². The van der Waals surface area contributed by atoms with Gasteiger partial charge in [-0.2, -0.15) is 0 Å². The smallest absolute Gasteiger partial charge is 0.253 e. The third-order valence-corrected chi connectivity index (χ3v) is 6.78. The van der Waals surface area contributed by atoms with Crippen LogP contribution in [-0.2, 0) is 13.2 Å². The van der Waals surface area contributed by atoms with E-state index < -0.39 is 0 Å². The highest BCUT2D eigenvalue weighted by molar-refractivity contribution is 9.10. The number of benzene rings is 3. The summed E-state index contributed by atoms with van der Waals surface area (Å²) in [6.07, 6.45) is 0. The minimum atomic E-state index is 0.104. The zero-order valence-corrected chi connectivity index (χ0v) is 20.3. The molecule has 1 heterocycles. The van der Waals surface area contributed by atoms with Gasteiger partial charge in [-0.15, -0.1) is 0 Å². The van der Waals surface area contributed by atoms with Crippen molar-refractivity contribution < 1.29 is 9.53 Å². The summed E-state index contributed by atoms with van der Waals surface area (Å²) < 4.78 is 7.17. The van der Waals surface area contributed by atoms with Crippen LogP contribution in [0.3, 0.4) is 0 Å². The molecule has 0 N–H and O–H groups in total. The van der Waals surface area contributed by atoms with E-state index >= 15 is 0 Å². The molecule has 0 unspecified atom stereocenters. The monoisotopic (exact) mass is 492 g/mol. The van der Waals surface area contributed by atoms with Gasteiger partial charge in [0, 0.05) is 42.8 Å². The van der Waals surface area contributed by atoms with Crippen molar-refractivity contribution in [3.63, 3.8) is 0 Å². The Morgan fingerprint density at radius 2 is 1.53 bits per heavy atom. The van der Waals surface area contributed by atoms with E-state index in [1.54, 1.807) is 0 Å². The third-order valence-electron chi connectivity index (χ3n) is 6.00. The van der Waals surface area contributed by atoms with Crippen LogP contribution in [0.2, 0.25) is 0 Å². The van der Waals surface area contributed by atoms with Gasteiger partial charge in [0.2, 0.25) is 0 Å². The predicted molar refractivity (Wildman–Crippen MR) is 132 cm³/mol. The van der Waals surface area contributed by atoms with Crippen LogP contribution < -0.4 is 4.74 Å². The lowest BCUT2D eigenvalue weighted by Crippen LogP contribution is -2.48. The largest absolute Gasteiger partial charge is 0.488 e. The van der Waals surface area contributed by atoms with Gasteiger partial charge in [0.05, 0.1) is 0 Å². The van der Waals surface area contributed by atoms with E-state index in [2.05, 4.69) is 65.0 Å². The molecule has 0 aliphatic carbocycles. The van der Waals surface area contributed by atoms with Gasteiger partial charge >= 0.3 is 0 Å². The van der Waals surface area contributed by atoms with Crippen molar-refractivity contribution in [3.05, 3.63) is 99.0 Å². The lowest BCUT2D eigenvalue weighted by Gasteiger charge is -2.35. The number of carbonyl (C=O) groups is 1. The Labute approximate surface area is 198 Å². The molecule has 32 heavy (non-hydrogen) atoms. The minimum absolute atomic E-state index is 0.104. The fourth-order valence-electron chi connectivity index (χ4n) is 4.09. The molecule has 4 rings (SSSR count). The van der Waals surface area contributed by atoms with E-state index in [1.165, 1.54) is 5.56 Å². The topological polar surface area (TPSA) is 32.8 Å². The molecule has 3 aromatic carbocycles. The molecule has 5 heteroatoms. The Bertz CT molecular complexity index is 1050. The summed E-state index contributed by atoms with van der Waals surface area (Å²) in [4.78, 5) is 17.3. The molecule has 0 radical (unpaired) electrons. The number of nitrogens with zero attached hydrogens (tertiary/aromatic N) is 2. The average molecular weight is 493 g/mol. The molecular formula is C27H29BrN2O2. The number of ether oxygens (including phenoxy) is 1. The first-order valence-electron chi connectivity index (χ1n) is 11.0. The molecule has 1 aliphatic rings. The molecular weight excluding hydrogens is 464 g/mol. The normalized spacial score (nSPS) is 14.4. The molecule has 0 bridgehead atoms. The first-order chi connectivity index (χ1) is 15.5. The zero-order chi connectivity index (χ0) is 22.5. The maximum atomic E-state index is 13.0. The van der Waals surface area contributed by atoms with Gasteiger partial charge in [-0.05, 0) is 54.3 Å². The van der Waals surface area contributed by atoms with E-state index in [9.17, 15) is 4.79 Å². The van der Waals surface area contributed by atoms with Crippen molar-refractivity contribution in [2.24, 2.45) is 0 Å². The highest BCUT2D eigenvalue weighted by atomic mass is 79.9. The molecule has 4 nitrogen and oxygen atoms in total. The van der Waals surface area contributed by atoms with Crippen LogP contribution in [0.1, 0.15) is 32.6 Å². The minimum Gasteiger partial charge on any atom is -0.488 e. The Morgan fingerprint density at radius 3 is 2.19 bits per heavy atom. The second-order valence-corrected chi connectivity index (χ2v) is 9.22. The number of halogens is 1. The standard InChI is InChI=1S/C27H29BrN2O2/c1-20-6-5-7-21(2)26(20)32-19-22-10-12-23(13-11-22)27(31)30-16-14-29(15-17-30)18-24-8-3-4-9-25(24)28/h3-13H,14-19H2,1-2H3. The molecule has 1 aliphatic heterocycles. The summed E-state index contributed by atoms with van der Waals surface area (Å²) in [5.41, 5.74) is 5.35. The quantitative estimate of drug-likeness (QED) is 0.448. The molecule has 1 saturated heterocycles. The van der Waals surface area contributed by atoms with Gasteiger partial charge in [-0.1, -0.05) is 64.5 Å². The van der Waals surface area contributed by atoms with Gasteiger partial charge in [-0.3, -0.25) is 9.69 Å². The Hall–Kier alpha value is -2.63.